The van der Waals surface area contributed by atoms with Crippen LogP contribution in [0.15, 0.2) is 55.1 Å². The largest absolute Gasteiger partial charge is 0.423 e. The van der Waals surface area contributed by atoms with Crippen LogP contribution in [0.4, 0.5) is 0 Å². The summed E-state index contributed by atoms with van der Waals surface area (Å²) in [6, 6.07) is 12.8. The molecule has 114 valence electrons. The molecule has 0 saturated heterocycles. The van der Waals surface area contributed by atoms with Gasteiger partial charge < -0.3 is 9.47 Å². The highest BCUT2D eigenvalue weighted by atomic mass is 16.5. The summed E-state index contributed by atoms with van der Waals surface area (Å²) in [6.45, 7) is 5.10. The second-order valence-electron chi connectivity index (χ2n) is 4.63. The van der Waals surface area contributed by atoms with Crippen molar-refractivity contribution in [1.82, 2.24) is 0 Å². The molecule has 5 nitrogen and oxygen atoms in total. The lowest BCUT2D eigenvalue weighted by molar-refractivity contribution is -0.128. The number of esters is 2. The molecule has 0 aliphatic carbocycles. The van der Waals surface area contributed by atoms with Crippen LogP contribution in [0, 0.1) is 18.3 Å². The van der Waals surface area contributed by atoms with Crippen molar-refractivity contribution in [3.05, 3.63) is 71.8 Å². The summed E-state index contributed by atoms with van der Waals surface area (Å²) >= 11 is 0. The lowest BCUT2D eigenvalue weighted by Crippen LogP contribution is -2.09. The highest BCUT2D eigenvalue weighted by molar-refractivity contribution is 5.91. The van der Waals surface area contributed by atoms with E-state index in [-0.39, 0.29) is 0 Å². The molecule has 23 heavy (non-hydrogen) atoms. The first-order chi connectivity index (χ1) is 11.0. The number of ether oxygens (including phenoxy) is 2. The van der Waals surface area contributed by atoms with Crippen molar-refractivity contribution in [2.75, 3.05) is 0 Å². The highest BCUT2D eigenvalue weighted by Gasteiger charge is 2.10. The first kappa shape index (κ1) is 16.0. The Balaban J connectivity index is 2.10. The molecule has 0 saturated carbocycles. The summed E-state index contributed by atoms with van der Waals surface area (Å²) in [5.74, 6) is -0.559. The molecule has 0 fully saturated rings. The van der Waals surface area contributed by atoms with Gasteiger partial charge in [-0.15, -0.1) is 0 Å². The summed E-state index contributed by atoms with van der Waals surface area (Å²) in [7, 11) is 0. The Labute approximate surface area is 133 Å². The Morgan fingerprint density at radius 2 is 1.74 bits per heavy atom. The van der Waals surface area contributed by atoms with Crippen molar-refractivity contribution < 1.29 is 19.1 Å². The van der Waals surface area contributed by atoms with Gasteiger partial charge in [0.25, 0.3) is 0 Å². The van der Waals surface area contributed by atoms with E-state index >= 15 is 0 Å². The molecule has 2 aromatic carbocycles. The second-order valence-corrected chi connectivity index (χ2v) is 4.63. The van der Waals surface area contributed by atoms with Crippen LogP contribution >= 0.6 is 0 Å². The van der Waals surface area contributed by atoms with Crippen molar-refractivity contribution in [1.29, 1.82) is 5.26 Å². The Hall–Kier alpha value is -3.39. The van der Waals surface area contributed by atoms with Crippen molar-refractivity contribution in [2.24, 2.45) is 0 Å². The maximum absolute atomic E-state index is 12.1. The van der Waals surface area contributed by atoms with Crippen LogP contribution in [-0.2, 0) is 4.79 Å². The number of rotatable bonds is 4. The molecule has 0 radical (unpaired) electrons. The monoisotopic (exact) mass is 307 g/mol. The SMILES string of the molecule is C=CC(=O)Oc1ccc(C(=O)Oc2ccc(C)c(C#N)c2)cc1. The number of nitrogens with zero attached hydrogens (tertiary/aromatic N) is 1. The Morgan fingerprint density at radius 1 is 1.09 bits per heavy atom. The summed E-state index contributed by atoms with van der Waals surface area (Å²) in [4.78, 5) is 23.1. The van der Waals surface area contributed by atoms with Crippen LogP contribution in [0.5, 0.6) is 11.5 Å². The predicted molar refractivity (Wildman–Crippen MR) is 83.1 cm³/mol. The maximum Gasteiger partial charge on any atom is 0.343 e. The molecule has 2 rings (SSSR count). The predicted octanol–water partition coefficient (Wildman–Crippen LogP) is 3.18. The molecule has 0 bridgehead atoms. The molecule has 0 spiro atoms. The van der Waals surface area contributed by atoms with Gasteiger partial charge in [0.2, 0.25) is 0 Å². The summed E-state index contributed by atoms with van der Waals surface area (Å²) in [5, 5.41) is 8.98. The normalized spacial score (nSPS) is 9.57. The second kappa shape index (κ2) is 7.05. The zero-order valence-corrected chi connectivity index (χ0v) is 12.4. The Bertz CT molecular complexity index is 801. The van der Waals surface area contributed by atoms with Gasteiger partial charge in [-0.25, -0.2) is 9.59 Å². The molecule has 0 atom stereocenters. The highest BCUT2D eigenvalue weighted by Crippen LogP contribution is 2.19. The average Bonchev–Trinajstić information content (AvgIpc) is 2.57. The zero-order chi connectivity index (χ0) is 16.8. The van der Waals surface area contributed by atoms with Gasteiger partial charge in [-0.1, -0.05) is 12.6 Å². The molecule has 0 amide bonds. The molecular formula is C18H13NO4. The third-order valence-corrected chi connectivity index (χ3v) is 3.02. The van der Waals surface area contributed by atoms with Crippen molar-refractivity contribution in [3.8, 4) is 17.6 Å². The molecule has 0 aliphatic heterocycles. The Kier molecular flexibility index (Phi) is 4.90. The van der Waals surface area contributed by atoms with E-state index in [2.05, 4.69) is 6.58 Å². The van der Waals surface area contributed by atoms with E-state index in [1.807, 2.05) is 6.07 Å². The number of carbonyl (C=O) groups is 2. The van der Waals surface area contributed by atoms with E-state index in [9.17, 15) is 9.59 Å². The van der Waals surface area contributed by atoms with Crippen LogP contribution in [0.2, 0.25) is 0 Å². The third kappa shape index (κ3) is 4.05. The summed E-state index contributed by atoms with van der Waals surface area (Å²) in [5.41, 5.74) is 1.55. The minimum Gasteiger partial charge on any atom is -0.423 e. The van der Waals surface area contributed by atoms with E-state index in [1.54, 1.807) is 19.1 Å². The van der Waals surface area contributed by atoms with Crippen molar-refractivity contribution in [2.45, 2.75) is 6.92 Å². The first-order valence-electron chi connectivity index (χ1n) is 6.70. The third-order valence-electron chi connectivity index (χ3n) is 3.02. The van der Waals surface area contributed by atoms with Crippen LogP contribution in [-0.4, -0.2) is 11.9 Å². The topological polar surface area (TPSA) is 76.4 Å². The fourth-order valence-electron chi connectivity index (χ4n) is 1.77. The smallest absolute Gasteiger partial charge is 0.343 e. The van der Waals surface area contributed by atoms with Gasteiger partial charge in [0, 0.05) is 6.08 Å². The number of nitriles is 1. The van der Waals surface area contributed by atoms with Crippen LogP contribution in [0.25, 0.3) is 0 Å². The first-order valence-corrected chi connectivity index (χ1v) is 6.70. The molecule has 0 heterocycles. The van der Waals surface area contributed by atoms with Crippen LogP contribution < -0.4 is 9.47 Å². The van der Waals surface area contributed by atoms with Gasteiger partial charge in [-0.2, -0.15) is 5.26 Å². The summed E-state index contributed by atoms with van der Waals surface area (Å²) < 4.78 is 10.1. The number of hydrogen-bond donors (Lipinski definition) is 0. The van der Waals surface area contributed by atoms with Gasteiger partial charge in [0.15, 0.2) is 0 Å². The Morgan fingerprint density at radius 3 is 2.35 bits per heavy atom. The lowest BCUT2D eigenvalue weighted by Gasteiger charge is -2.06. The molecule has 0 unspecified atom stereocenters. The van der Waals surface area contributed by atoms with Crippen LogP contribution in [0.3, 0.4) is 0 Å². The van der Waals surface area contributed by atoms with Gasteiger partial charge in [0.05, 0.1) is 17.2 Å². The standard InChI is InChI=1S/C18H13NO4/c1-3-17(20)22-15-8-5-13(6-9-15)18(21)23-16-7-4-12(2)14(10-16)11-19/h3-10H,1H2,2H3. The van der Waals surface area contributed by atoms with E-state index in [1.165, 1.54) is 30.3 Å². The average molecular weight is 307 g/mol. The number of hydrogen-bond acceptors (Lipinski definition) is 5. The minimum absolute atomic E-state index is 0.291. The molecule has 0 aromatic heterocycles. The maximum atomic E-state index is 12.1. The molecule has 2 aromatic rings. The number of aryl methyl sites for hydroxylation is 1. The van der Waals surface area contributed by atoms with E-state index in [0.717, 1.165) is 11.6 Å². The molecular weight excluding hydrogens is 294 g/mol. The van der Waals surface area contributed by atoms with E-state index < -0.39 is 11.9 Å². The minimum atomic E-state index is -0.580. The lowest BCUT2D eigenvalue weighted by atomic mass is 10.1. The number of carbonyl (C=O) groups excluding carboxylic acids is 2. The van der Waals surface area contributed by atoms with Gasteiger partial charge in [-0.3, -0.25) is 0 Å². The number of benzene rings is 2. The van der Waals surface area contributed by atoms with Crippen molar-refractivity contribution in [3.63, 3.8) is 0 Å². The fraction of sp³-hybridized carbons (Fsp3) is 0.0556. The van der Waals surface area contributed by atoms with E-state index in [4.69, 9.17) is 14.7 Å². The van der Waals surface area contributed by atoms with E-state index in [0.29, 0.717) is 22.6 Å². The molecule has 5 heteroatoms. The van der Waals surface area contributed by atoms with Crippen molar-refractivity contribution >= 4 is 11.9 Å². The fourth-order valence-corrected chi connectivity index (χ4v) is 1.77. The molecule has 0 aliphatic rings. The van der Waals surface area contributed by atoms with Gasteiger partial charge in [0.1, 0.15) is 11.5 Å². The van der Waals surface area contributed by atoms with Gasteiger partial charge >= 0.3 is 11.9 Å². The van der Waals surface area contributed by atoms with Gasteiger partial charge in [-0.05, 0) is 48.9 Å². The summed E-state index contributed by atoms with van der Waals surface area (Å²) in [6.07, 6.45) is 1.05. The zero-order valence-electron chi connectivity index (χ0n) is 12.4. The van der Waals surface area contributed by atoms with Crippen LogP contribution in [0.1, 0.15) is 21.5 Å². The molecule has 0 N–H and O–H groups in total. The quantitative estimate of drug-likeness (QED) is 0.492.